The number of hydrogen-bond donors (Lipinski definition) is 0. The maximum atomic E-state index is 13.0. The first-order chi connectivity index (χ1) is 12.4. The molecule has 3 saturated heterocycles. The summed E-state index contributed by atoms with van der Waals surface area (Å²) in [6.45, 7) is 3.44. The Bertz CT molecular complexity index is 671. The van der Waals surface area contributed by atoms with Crippen molar-refractivity contribution in [3.05, 3.63) is 35.4 Å². The number of hydrogen-bond acceptors (Lipinski definition) is 2. The van der Waals surface area contributed by atoms with E-state index in [0.29, 0.717) is 25.0 Å². The van der Waals surface area contributed by atoms with Gasteiger partial charge in [-0.3, -0.25) is 9.69 Å². The van der Waals surface area contributed by atoms with E-state index >= 15 is 0 Å². The van der Waals surface area contributed by atoms with Crippen molar-refractivity contribution in [2.24, 2.45) is 11.8 Å². The number of benzene rings is 1. The van der Waals surface area contributed by atoms with Crippen LogP contribution in [-0.4, -0.2) is 47.9 Å². The summed E-state index contributed by atoms with van der Waals surface area (Å²) in [5.74, 6) is 0.962. The normalized spacial score (nSPS) is 27.3. The second-order valence-corrected chi connectivity index (χ2v) is 8.14. The Morgan fingerprint density at radius 2 is 1.88 bits per heavy atom. The van der Waals surface area contributed by atoms with Gasteiger partial charge in [0, 0.05) is 37.8 Å². The van der Waals surface area contributed by atoms with Crippen LogP contribution in [0.3, 0.4) is 0 Å². The van der Waals surface area contributed by atoms with E-state index in [2.05, 4.69) is 4.90 Å². The van der Waals surface area contributed by atoms with Crippen molar-refractivity contribution >= 4 is 5.91 Å². The molecule has 3 aliphatic heterocycles. The zero-order valence-electron chi connectivity index (χ0n) is 14.8. The summed E-state index contributed by atoms with van der Waals surface area (Å²) in [6, 6.07) is 5.18. The van der Waals surface area contributed by atoms with Crippen LogP contribution in [0.4, 0.5) is 13.2 Å². The minimum Gasteiger partial charge on any atom is -0.337 e. The van der Waals surface area contributed by atoms with Crippen molar-refractivity contribution in [2.75, 3.05) is 26.2 Å². The number of carbonyl (C=O) groups is 1. The van der Waals surface area contributed by atoms with Crippen molar-refractivity contribution < 1.29 is 18.0 Å². The molecule has 5 rings (SSSR count). The molecule has 1 aromatic rings. The van der Waals surface area contributed by atoms with Crippen LogP contribution >= 0.6 is 0 Å². The van der Waals surface area contributed by atoms with Gasteiger partial charge < -0.3 is 4.90 Å². The highest BCUT2D eigenvalue weighted by Crippen LogP contribution is 2.34. The predicted octanol–water partition coefficient (Wildman–Crippen LogP) is 4.04. The Morgan fingerprint density at radius 3 is 2.58 bits per heavy atom. The molecule has 3 heterocycles. The molecule has 2 bridgehead atoms. The minimum atomic E-state index is -4.42. The second kappa shape index (κ2) is 6.87. The molecule has 6 heteroatoms. The molecule has 0 spiro atoms. The van der Waals surface area contributed by atoms with Crippen LogP contribution in [-0.2, 0) is 6.18 Å². The van der Waals surface area contributed by atoms with E-state index in [4.69, 9.17) is 0 Å². The van der Waals surface area contributed by atoms with Crippen LogP contribution in [0.15, 0.2) is 24.3 Å². The zero-order chi connectivity index (χ0) is 18.3. The lowest BCUT2D eigenvalue weighted by molar-refractivity contribution is -0.137. The van der Waals surface area contributed by atoms with Crippen LogP contribution in [0.25, 0.3) is 0 Å². The molecule has 1 aliphatic carbocycles. The third-order valence-electron chi connectivity index (χ3n) is 6.27. The summed E-state index contributed by atoms with van der Waals surface area (Å²) < 4.78 is 38.9. The number of rotatable bonds is 3. The first-order valence-electron chi connectivity index (χ1n) is 9.61. The van der Waals surface area contributed by atoms with E-state index < -0.39 is 11.7 Å². The molecular formula is C20H25F3N2O. The third kappa shape index (κ3) is 3.61. The van der Waals surface area contributed by atoms with E-state index in [-0.39, 0.29) is 11.5 Å². The monoisotopic (exact) mass is 366 g/mol. The summed E-state index contributed by atoms with van der Waals surface area (Å²) in [4.78, 5) is 17.2. The van der Waals surface area contributed by atoms with E-state index in [9.17, 15) is 18.0 Å². The lowest BCUT2D eigenvalue weighted by atomic mass is 9.83. The minimum absolute atomic E-state index is 0.145. The van der Waals surface area contributed by atoms with Gasteiger partial charge in [-0.05, 0) is 55.7 Å². The smallest absolute Gasteiger partial charge is 0.337 e. The fraction of sp³-hybridized carbons (Fsp3) is 0.650. The third-order valence-corrected chi connectivity index (χ3v) is 6.27. The summed E-state index contributed by atoms with van der Waals surface area (Å²) >= 11 is 0. The van der Waals surface area contributed by atoms with Crippen LogP contribution < -0.4 is 0 Å². The molecule has 3 nitrogen and oxygen atoms in total. The van der Waals surface area contributed by atoms with Gasteiger partial charge in [0.05, 0.1) is 5.56 Å². The Labute approximate surface area is 152 Å². The van der Waals surface area contributed by atoms with E-state index in [0.717, 1.165) is 44.0 Å². The van der Waals surface area contributed by atoms with Gasteiger partial charge in [-0.15, -0.1) is 0 Å². The van der Waals surface area contributed by atoms with Gasteiger partial charge in [-0.25, -0.2) is 0 Å². The topological polar surface area (TPSA) is 23.6 Å². The molecule has 142 valence electrons. The fourth-order valence-corrected chi connectivity index (χ4v) is 4.59. The van der Waals surface area contributed by atoms with Gasteiger partial charge in [-0.1, -0.05) is 12.5 Å². The molecule has 2 atom stereocenters. The van der Waals surface area contributed by atoms with E-state index in [1.807, 2.05) is 0 Å². The van der Waals surface area contributed by atoms with E-state index in [1.165, 1.54) is 31.4 Å². The maximum absolute atomic E-state index is 13.0. The van der Waals surface area contributed by atoms with Crippen molar-refractivity contribution in [3.8, 4) is 0 Å². The highest BCUT2D eigenvalue weighted by atomic mass is 19.4. The number of carbonyl (C=O) groups excluding carboxylic acids is 1. The summed E-state index contributed by atoms with van der Waals surface area (Å²) in [7, 11) is 0. The molecule has 0 radical (unpaired) electrons. The molecule has 4 aliphatic rings. The Hall–Kier alpha value is -1.56. The van der Waals surface area contributed by atoms with Gasteiger partial charge in [0.25, 0.3) is 5.91 Å². The van der Waals surface area contributed by atoms with Crippen LogP contribution in [0.5, 0.6) is 0 Å². The number of piperidine rings is 1. The second-order valence-electron chi connectivity index (χ2n) is 8.14. The molecule has 0 unspecified atom stereocenters. The zero-order valence-corrected chi connectivity index (χ0v) is 14.8. The average Bonchev–Trinajstić information content (AvgIpc) is 2.88. The lowest BCUT2D eigenvalue weighted by Crippen LogP contribution is -2.47. The standard InChI is InChI=1S/C20H25F3N2O/c21-20(22,23)17-6-2-5-16(9-17)19(26)25-12-15-7-8-18(13-25)24(11-15)10-14-3-1-4-14/h2,5-6,9,14-15,18H,1,3-4,7-8,10-13H2/t15-,18-/m0/s1. The van der Waals surface area contributed by atoms with Gasteiger partial charge in [0.15, 0.2) is 0 Å². The van der Waals surface area contributed by atoms with Gasteiger partial charge in [0.2, 0.25) is 0 Å². The van der Waals surface area contributed by atoms with Crippen molar-refractivity contribution in [1.29, 1.82) is 0 Å². The van der Waals surface area contributed by atoms with Gasteiger partial charge in [0.1, 0.15) is 0 Å². The highest BCUT2D eigenvalue weighted by molar-refractivity contribution is 5.94. The Kier molecular flexibility index (Phi) is 4.71. The lowest BCUT2D eigenvalue weighted by Gasteiger charge is -2.40. The van der Waals surface area contributed by atoms with Crippen LogP contribution in [0.2, 0.25) is 0 Å². The number of halogens is 3. The molecule has 1 saturated carbocycles. The largest absolute Gasteiger partial charge is 0.416 e. The SMILES string of the molecule is O=C(c1cccc(C(F)(F)F)c1)N1C[C@H]2CC[C@@H](C1)N(CC1CCC1)C2. The van der Waals surface area contributed by atoms with Gasteiger partial charge in [-0.2, -0.15) is 13.2 Å². The van der Waals surface area contributed by atoms with Crippen molar-refractivity contribution in [3.63, 3.8) is 0 Å². The molecular weight excluding hydrogens is 341 g/mol. The first kappa shape index (κ1) is 17.8. The predicted molar refractivity (Wildman–Crippen MR) is 92.8 cm³/mol. The van der Waals surface area contributed by atoms with Crippen molar-refractivity contribution in [1.82, 2.24) is 9.80 Å². The van der Waals surface area contributed by atoms with Crippen molar-refractivity contribution in [2.45, 2.75) is 44.3 Å². The Balaban J connectivity index is 1.49. The molecule has 4 fully saturated rings. The van der Waals surface area contributed by atoms with Gasteiger partial charge >= 0.3 is 6.18 Å². The molecule has 1 amide bonds. The summed E-state index contributed by atoms with van der Waals surface area (Å²) in [5.41, 5.74) is -0.612. The molecule has 0 aromatic heterocycles. The average molecular weight is 366 g/mol. The Morgan fingerprint density at radius 1 is 1.08 bits per heavy atom. The molecule has 26 heavy (non-hydrogen) atoms. The maximum Gasteiger partial charge on any atom is 0.416 e. The fourth-order valence-electron chi connectivity index (χ4n) is 4.59. The molecule has 1 aromatic carbocycles. The first-order valence-corrected chi connectivity index (χ1v) is 9.61. The van der Waals surface area contributed by atoms with Crippen LogP contribution in [0, 0.1) is 11.8 Å². The highest BCUT2D eigenvalue weighted by Gasteiger charge is 2.38. The number of amides is 1. The number of alkyl halides is 3. The summed E-state index contributed by atoms with van der Waals surface area (Å²) in [6.07, 6.45) is 1.71. The summed E-state index contributed by atoms with van der Waals surface area (Å²) in [5, 5.41) is 0. The van der Waals surface area contributed by atoms with E-state index in [1.54, 1.807) is 4.90 Å². The quantitative estimate of drug-likeness (QED) is 0.806. The van der Waals surface area contributed by atoms with Crippen LogP contribution in [0.1, 0.15) is 48.0 Å². The number of fused-ring (bicyclic) bond motifs is 4. The number of nitrogens with zero attached hydrogens (tertiary/aromatic N) is 2. The molecule has 0 N–H and O–H groups in total.